The van der Waals surface area contributed by atoms with E-state index in [9.17, 15) is 4.79 Å². The monoisotopic (exact) mass is 327 g/mol. The normalized spacial score (nSPS) is 23.6. The highest BCUT2D eigenvalue weighted by Crippen LogP contribution is 2.24. The van der Waals surface area contributed by atoms with Crippen molar-refractivity contribution in [3.05, 3.63) is 48.0 Å². The maximum Gasteiger partial charge on any atom is 0.318 e. The molecule has 2 amide bonds. The first kappa shape index (κ1) is 15.1. The minimum Gasteiger partial charge on any atom is -0.377 e. The summed E-state index contributed by atoms with van der Waals surface area (Å²) in [5.41, 5.74) is 1.11. The van der Waals surface area contributed by atoms with Gasteiger partial charge < -0.3 is 15.0 Å². The standard InChI is InChI=1S/C17H21N5O2/c23-17(20-14-6-7-16-18-12-19-22(16)10-14)21-8-9-24-11-15(21)13-4-2-1-3-5-13/h1-5,12,14-15H,6-11H2,(H,20,23). The Labute approximate surface area is 140 Å². The zero-order valence-corrected chi connectivity index (χ0v) is 13.5. The van der Waals surface area contributed by atoms with Crippen LogP contribution < -0.4 is 5.32 Å². The molecule has 126 valence electrons. The van der Waals surface area contributed by atoms with Crippen molar-refractivity contribution in [1.82, 2.24) is 25.0 Å². The van der Waals surface area contributed by atoms with E-state index in [4.69, 9.17) is 4.74 Å². The first-order valence-corrected chi connectivity index (χ1v) is 8.38. The zero-order valence-electron chi connectivity index (χ0n) is 13.5. The number of ether oxygens (including phenoxy) is 1. The Kier molecular flexibility index (Phi) is 4.17. The maximum atomic E-state index is 12.8. The number of carbonyl (C=O) groups is 1. The van der Waals surface area contributed by atoms with Gasteiger partial charge in [0.25, 0.3) is 0 Å². The minimum atomic E-state index is -0.0366. The highest BCUT2D eigenvalue weighted by atomic mass is 16.5. The molecule has 1 fully saturated rings. The molecule has 2 unspecified atom stereocenters. The lowest BCUT2D eigenvalue weighted by molar-refractivity contribution is 0.0107. The summed E-state index contributed by atoms with van der Waals surface area (Å²) in [4.78, 5) is 18.9. The molecule has 4 rings (SSSR count). The molecular weight excluding hydrogens is 306 g/mol. The molecule has 1 N–H and O–H groups in total. The fourth-order valence-corrected chi connectivity index (χ4v) is 3.41. The summed E-state index contributed by atoms with van der Waals surface area (Å²) in [5, 5.41) is 7.37. The Morgan fingerprint density at radius 1 is 1.29 bits per heavy atom. The average molecular weight is 327 g/mol. The molecular formula is C17H21N5O2. The molecule has 0 saturated carbocycles. The van der Waals surface area contributed by atoms with Gasteiger partial charge in [-0.15, -0.1) is 0 Å². The van der Waals surface area contributed by atoms with Gasteiger partial charge in [0.05, 0.1) is 31.8 Å². The summed E-state index contributed by atoms with van der Waals surface area (Å²) in [7, 11) is 0. The number of hydrogen-bond acceptors (Lipinski definition) is 4. The summed E-state index contributed by atoms with van der Waals surface area (Å²) >= 11 is 0. The molecule has 7 nitrogen and oxygen atoms in total. The van der Waals surface area contributed by atoms with Crippen molar-refractivity contribution in [2.45, 2.75) is 31.5 Å². The lowest BCUT2D eigenvalue weighted by Gasteiger charge is -2.37. The largest absolute Gasteiger partial charge is 0.377 e. The zero-order chi connectivity index (χ0) is 16.4. The second-order valence-electron chi connectivity index (χ2n) is 6.24. The Morgan fingerprint density at radius 3 is 3.04 bits per heavy atom. The van der Waals surface area contributed by atoms with Crippen LogP contribution in [-0.2, 0) is 17.7 Å². The number of aromatic nitrogens is 3. The summed E-state index contributed by atoms with van der Waals surface area (Å²) < 4.78 is 7.48. The molecule has 1 saturated heterocycles. The number of morpholine rings is 1. The lowest BCUT2D eigenvalue weighted by Crippen LogP contribution is -2.52. The van der Waals surface area contributed by atoms with E-state index in [2.05, 4.69) is 15.4 Å². The fourth-order valence-electron chi connectivity index (χ4n) is 3.41. The number of urea groups is 1. The molecule has 2 aromatic rings. The molecule has 1 aromatic heterocycles. The van der Waals surface area contributed by atoms with Gasteiger partial charge in [-0.2, -0.15) is 5.10 Å². The molecule has 7 heteroatoms. The Balaban J connectivity index is 1.45. The Morgan fingerprint density at radius 2 is 2.17 bits per heavy atom. The van der Waals surface area contributed by atoms with E-state index in [1.165, 1.54) is 0 Å². The smallest absolute Gasteiger partial charge is 0.318 e. The van der Waals surface area contributed by atoms with Crippen LogP contribution in [0.4, 0.5) is 4.79 Å². The third-order valence-corrected chi connectivity index (χ3v) is 4.71. The van der Waals surface area contributed by atoms with E-state index in [1.807, 2.05) is 39.9 Å². The van der Waals surface area contributed by atoms with Gasteiger partial charge in [0.2, 0.25) is 0 Å². The van der Waals surface area contributed by atoms with Crippen molar-refractivity contribution in [1.29, 1.82) is 0 Å². The topological polar surface area (TPSA) is 72.3 Å². The third-order valence-electron chi connectivity index (χ3n) is 4.71. The van der Waals surface area contributed by atoms with Crippen molar-refractivity contribution in [2.24, 2.45) is 0 Å². The number of benzene rings is 1. The first-order valence-electron chi connectivity index (χ1n) is 8.38. The summed E-state index contributed by atoms with van der Waals surface area (Å²) in [6, 6.07) is 10.1. The van der Waals surface area contributed by atoms with E-state index in [0.717, 1.165) is 24.2 Å². The van der Waals surface area contributed by atoms with Crippen LogP contribution in [0.25, 0.3) is 0 Å². The predicted octanol–water partition coefficient (Wildman–Crippen LogP) is 1.38. The lowest BCUT2D eigenvalue weighted by atomic mass is 10.0. The third kappa shape index (κ3) is 2.99. The van der Waals surface area contributed by atoms with Gasteiger partial charge in [-0.1, -0.05) is 30.3 Å². The van der Waals surface area contributed by atoms with Crippen LogP contribution in [0.2, 0.25) is 0 Å². The van der Waals surface area contributed by atoms with Crippen molar-refractivity contribution < 1.29 is 9.53 Å². The second kappa shape index (κ2) is 6.60. The van der Waals surface area contributed by atoms with Crippen LogP contribution in [0.1, 0.15) is 23.9 Å². The molecule has 2 aliphatic rings. The number of aryl methyl sites for hydroxylation is 1. The van der Waals surface area contributed by atoms with E-state index < -0.39 is 0 Å². The van der Waals surface area contributed by atoms with E-state index in [0.29, 0.717) is 26.3 Å². The molecule has 2 aliphatic heterocycles. The Bertz CT molecular complexity index is 702. The SMILES string of the molecule is O=C(NC1CCc2ncnn2C1)N1CCOCC1c1ccccc1. The summed E-state index contributed by atoms with van der Waals surface area (Å²) in [6.45, 7) is 2.40. The number of fused-ring (bicyclic) bond motifs is 1. The quantitative estimate of drug-likeness (QED) is 0.904. The summed E-state index contributed by atoms with van der Waals surface area (Å²) in [5.74, 6) is 0.994. The van der Waals surface area contributed by atoms with Gasteiger partial charge >= 0.3 is 6.03 Å². The number of carbonyl (C=O) groups excluding carboxylic acids is 1. The Hall–Kier alpha value is -2.41. The van der Waals surface area contributed by atoms with Gasteiger partial charge in [0.15, 0.2) is 0 Å². The molecule has 24 heavy (non-hydrogen) atoms. The summed E-state index contributed by atoms with van der Waals surface area (Å²) in [6.07, 6.45) is 3.31. The number of nitrogens with one attached hydrogen (secondary N) is 1. The number of amides is 2. The van der Waals surface area contributed by atoms with Gasteiger partial charge in [-0.3, -0.25) is 0 Å². The van der Waals surface area contributed by atoms with E-state index in [1.54, 1.807) is 6.33 Å². The van der Waals surface area contributed by atoms with Crippen LogP contribution in [0, 0.1) is 0 Å². The van der Waals surface area contributed by atoms with Crippen molar-refractivity contribution in [3.63, 3.8) is 0 Å². The molecule has 0 radical (unpaired) electrons. The first-order chi connectivity index (χ1) is 11.8. The molecule has 0 bridgehead atoms. The predicted molar refractivity (Wildman–Crippen MR) is 87.4 cm³/mol. The molecule has 3 heterocycles. The molecule has 0 aliphatic carbocycles. The van der Waals surface area contributed by atoms with Crippen molar-refractivity contribution in [2.75, 3.05) is 19.8 Å². The molecule has 1 aromatic carbocycles. The van der Waals surface area contributed by atoms with Crippen LogP contribution in [-0.4, -0.2) is 51.5 Å². The van der Waals surface area contributed by atoms with Gasteiger partial charge in [0.1, 0.15) is 12.2 Å². The van der Waals surface area contributed by atoms with Gasteiger partial charge in [-0.05, 0) is 12.0 Å². The van der Waals surface area contributed by atoms with Gasteiger partial charge in [0, 0.05) is 13.0 Å². The van der Waals surface area contributed by atoms with E-state index >= 15 is 0 Å². The van der Waals surface area contributed by atoms with Crippen molar-refractivity contribution in [3.8, 4) is 0 Å². The van der Waals surface area contributed by atoms with Crippen LogP contribution in [0.3, 0.4) is 0 Å². The second-order valence-corrected chi connectivity index (χ2v) is 6.24. The van der Waals surface area contributed by atoms with Crippen LogP contribution >= 0.6 is 0 Å². The fraction of sp³-hybridized carbons (Fsp3) is 0.471. The van der Waals surface area contributed by atoms with Crippen LogP contribution in [0.5, 0.6) is 0 Å². The number of hydrogen-bond donors (Lipinski definition) is 1. The molecule has 2 atom stereocenters. The number of nitrogens with zero attached hydrogens (tertiary/aromatic N) is 4. The van der Waals surface area contributed by atoms with Crippen molar-refractivity contribution >= 4 is 6.03 Å². The number of rotatable bonds is 2. The molecule has 0 spiro atoms. The van der Waals surface area contributed by atoms with E-state index in [-0.39, 0.29) is 18.1 Å². The highest BCUT2D eigenvalue weighted by molar-refractivity contribution is 5.75. The van der Waals surface area contributed by atoms with Crippen LogP contribution in [0.15, 0.2) is 36.7 Å². The average Bonchev–Trinajstić information content (AvgIpc) is 3.10. The maximum absolute atomic E-state index is 12.8. The highest BCUT2D eigenvalue weighted by Gasteiger charge is 2.30. The van der Waals surface area contributed by atoms with Gasteiger partial charge in [-0.25, -0.2) is 14.5 Å². The minimum absolute atomic E-state index is 0.0271.